The van der Waals surface area contributed by atoms with E-state index in [1.807, 2.05) is 0 Å². The first-order valence-electron chi connectivity index (χ1n) is 20.6. The molecule has 8 fully saturated rings. The summed E-state index contributed by atoms with van der Waals surface area (Å²) in [7, 11) is 0. The van der Waals surface area contributed by atoms with Gasteiger partial charge in [-0.05, 0) is 187 Å². The van der Waals surface area contributed by atoms with Crippen LogP contribution in [-0.4, -0.2) is 0 Å². The predicted octanol–water partition coefficient (Wildman–Crippen LogP) is 12.8. The Hall–Kier alpha value is -4.14. The number of hydrogen-bond acceptors (Lipinski definition) is 2. The van der Waals surface area contributed by atoms with E-state index in [2.05, 4.69) is 132 Å². The zero-order valence-electron chi connectivity index (χ0n) is 30.2. The molecule has 9 aliphatic rings. The van der Waals surface area contributed by atoms with Gasteiger partial charge in [0.1, 0.15) is 11.2 Å². The Kier molecular flexibility index (Phi) is 6.53. The van der Waals surface area contributed by atoms with Crippen molar-refractivity contribution in [3.05, 3.63) is 139 Å². The molecular formula is C50H49NO. The summed E-state index contributed by atoms with van der Waals surface area (Å²) in [6.07, 6.45) is 14.2. The van der Waals surface area contributed by atoms with Gasteiger partial charge in [-0.25, -0.2) is 0 Å². The van der Waals surface area contributed by atoms with Crippen LogP contribution in [0, 0.1) is 47.3 Å². The van der Waals surface area contributed by atoms with Crippen molar-refractivity contribution >= 4 is 17.1 Å². The molecule has 8 saturated carbocycles. The molecule has 0 amide bonds. The standard InChI is InChI=1S/C50H49NO/c1-3-7-36(8-4-1)37-11-16-45(17-12-37)51(44-9-5-2-6-10-44)46-18-13-38(14-19-46)39-15-20-47-48(31-39)50(42-27-34-22-35(29-42)30-43(50)28-34)52-49(47)40-23-32-21-33(25-40)26-41(49)24-32/h1-20,31-35,40-43H,21-30H2. The minimum atomic E-state index is -0.0654. The minimum Gasteiger partial charge on any atom is -0.358 e. The molecular weight excluding hydrogens is 631 g/mol. The summed E-state index contributed by atoms with van der Waals surface area (Å²) in [5.41, 5.74) is 11.8. The molecule has 5 aromatic rings. The van der Waals surface area contributed by atoms with E-state index in [4.69, 9.17) is 4.74 Å². The molecule has 0 unspecified atom stereocenters. The first kappa shape index (κ1) is 30.3. The molecule has 2 nitrogen and oxygen atoms in total. The Morgan fingerprint density at radius 1 is 0.365 bits per heavy atom. The molecule has 1 heterocycles. The van der Waals surface area contributed by atoms with Crippen molar-refractivity contribution in [1.82, 2.24) is 0 Å². The Morgan fingerprint density at radius 3 is 1.25 bits per heavy atom. The van der Waals surface area contributed by atoms with Crippen LogP contribution in [0.25, 0.3) is 22.3 Å². The van der Waals surface area contributed by atoms with Crippen molar-refractivity contribution in [1.29, 1.82) is 0 Å². The highest BCUT2D eigenvalue weighted by molar-refractivity contribution is 5.80. The van der Waals surface area contributed by atoms with Crippen LogP contribution >= 0.6 is 0 Å². The summed E-state index contributed by atoms with van der Waals surface area (Å²) >= 11 is 0. The van der Waals surface area contributed by atoms with Crippen LogP contribution in [0.4, 0.5) is 17.1 Å². The van der Waals surface area contributed by atoms with E-state index in [9.17, 15) is 0 Å². The summed E-state index contributed by atoms with van der Waals surface area (Å²) in [6.45, 7) is 0. The largest absolute Gasteiger partial charge is 0.358 e. The fourth-order valence-corrected chi connectivity index (χ4v) is 14.0. The maximum absolute atomic E-state index is 8.13. The zero-order chi connectivity index (χ0) is 34.0. The molecule has 8 aliphatic carbocycles. The minimum absolute atomic E-state index is 0.0350. The predicted molar refractivity (Wildman–Crippen MR) is 211 cm³/mol. The van der Waals surface area contributed by atoms with Crippen molar-refractivity contribution in [2.24, 2.45) is 47.3 Å². The van der Waals surface area contributed by atoms with E-state index in [1.165, 1.54) is 97.8 Å². The summed E-state index contributed by atoms with van der Waals surface area (Å²) in [5, 5.41) is 0. The van der Waals surface area contributed by atoms with Gasteiger partial charge in [0, 0.05) is 17.1 Å². The van der Waals surface area contributed by atoms with Gasteiger partial charge < -0.3 is 9.64 Å². The number of ether oxygens (including phenoxy) is 1. The average Bonchev–Trinajstić information content (AvgIpc) is 3.49. The topological polar surface area (TPSA) is 12.5 Å². The van der Waals surface area contributed by atoms with E-state index in [-0.39, 0.29) is 11.2 Å². The fraction of sp³-hybridized carbons (Fsp3) is 0.400. The van der Waals surface area contributed by atoms with Gasteiger partial charge >= 0.3 is 0 Å². The van der Waals surface area contributed by atoms with Crippen LogP contribution in [-0.2, 0) is 15.9 Å². The van der Waals surface area contributed by atoms with E-state index in [0.717, 1.165) is 41.2 Å². The van der Waals surface area contributed by atoms with Gasteiger partial charge in [-0.2, -0.15) is 0 Å². The third-order valence-corrected chi connectivity index (χ3v) is 15.6. The zero-order valence-corrected chi connectivity index (χ0v) is 30.2. The second kappa shape index (κ2) is 11.2. The van der Waals surface area contributed by atoms with Crippen molar-refractivity contribution < 1.29 is 4.74 Å². The van der Waals surface area contributed by atoms with Crippen molar-refractivity contribution in [3.63, 3.8) is 0 Å². The molecule has 0 radical (unpaired) electrons. The van der Waals surface area contributed by atoms with Gasteiger partial charge in [-0.1, -0.05) is 84.9 Å². The average molecular weight is 680 g/mol. The third kappa shape index (κ3) is 4.28. The lowest BCUT2D eigenvalue weighted by Gasteiger charge is -2.64. The van der Waals surface area contributed by atoms with Crippen LogP contribution in [0.5, 0.6) is 0 Å². The lowest BCUT2D eigenvalue weighted by Crippen LogP contribution is -2.60. The van der Waals surface area contributed by atoms with Crippen molar-refractivity contribution in [2.45, 2.75) is 75.4 Å². The number of hydrogen-bond donors (Lipinski definition) is 0. The number of benzene rings is 5. The molecule has 0 saturated heterocycles. The summed E-state index contributed by atoms with van der Waals surface area (Å²) in [5.74, 6) is 6.61. The SMILES string of the molecule is c1ccc(-c2ccc(N(c3ccccc3)c3ccc(-c4ccc5c(c4)C4(OC56C5CC7CC(C5)CC6C7)C5CC6CC(C5)CC4C6)cc3)cc2)cc1. The molecule has 2 spiro atoms. The van der Waals surface area contributed by atoms with E-state index in [0.29, 0.717) is 11.8 Å². The third-order valence-electron chi connectivity index (χ3n) is 15.6. The molecule has 52 heavy (non-hydrogen) atoms. The highest BCUT2D eigenvalue weighted by atomic mass is 16.5. The van der Waals surface area contributed by atoms with Crippen LogP contribution in [0.1, 0.15) is 75.3 Å². The first-order valence-corrected chi connectivity index (χ1v) is 20.6. The number of nitrogens with zero attached hydrogens (tertiary/aromatic N) is 1. The van der Waals surface area contributed by atoms with Crippen LogP contribution in [0.3, 0.4) is 0 Å². The quantitative estimate of drug-likeness (QED) is 0.183. The monoisotopic (exact) mass is 679 g/mol. The Labute approximate surface area is 309 Å². The second-order valence-electron chi connectivity index (χ2n) is 18.2. The summed E-state index contributed by atoms with van der Waals surface area (Å²) in [4.78, 5) is 2.38. The Morgan fingerprint density at radius 2 is 0.750 bits per heavy atom. The lowest BCUT2D eigenvalue weighted by atomic mass is 9.48. The first-order chi connectivity index (χ1) is 25.6. The smallest absolute Gasteiger partial charge is 0.100 e. The maximum Gasteiger partial charge on any atom is 0.100 e. The molecule has 8 bridgehead atoms. The van der Waals surface area contributed by atoms with Gasteiger partial charge in [-0.3, -0.25) is 0 Å². The molecule has 2 heteroatoms. The number of anilines is 3. The van der Waals surface area contributed by atoms with Gasteiger partial charge in [0.15, 0.2) is 0 Å². The molecule has 14 rings (SSSR count). The maximum atomic E-state index is 8.13. The van der Waals surface area contributed by atoms with E-state index < -0.39 is 0 Å². The van der Waals surface area contributed by atoms with Crippen LogP contribution in [0.2, 0.25) is 0 Å². The molecule has 0 aromatic heterocycles. The van der Waals surface area contributed by atoms with Gasteiger partial charge in [0.25, 0.3) is 0 Å². The van der Waals surface area contributed by atoms with Crippen molar-refractivity contribution in [3.8, 4) is 22.3 Å². The van der Waals surface area contributed by atoms with E-state index >= 15 is 0 Å². The van der Waals surface area contributed by atoms with Crippen LogP contribution in [0.15, 0.2) is 127 Å². The molecule has 260 valence electrons. The number of rotatable bonds is 5. The van der Waals surface area contributed by atoms with Crippen molar-refractivity contribution in [2.75, 3.05) is 4.90 Å². The number of para-hydroxylation sites is 1. The van der Waals surface area contributed by atoms with Gasteiger partial charge in [0.2, 0.25) is 0 Å². The Bertz CT molecular complexity index is 2080. The highest BCUT2D eigenvalue weighted by Crippen LogP contribution is 2.74. The fourth-order valence-electron chi connectivity index (χ4n) is 14.0. The number of fused-ring (bicyclic) bond motifs is 1. The molecule has 5 aromatic carbocycles. The normalized spacial score (nSPS) is 35.8. The van der Waals surface area contributed by atoms with E-state index in [1.54, 1.807) is 11.1 Å². The molecule has 0 N–H and O–H groups in total. The molecule has 1 aliphatic heterocycles. The lowest BCUT2D eigenvalue weighted by molar-refractivity contribution is -0.304. The van der Waals surface area contributed by atoms with Crippen LogP contribution < -0.4 is 4.90 Å². The molecule has 0 atom stereocenters. The summed E-state index contributed by atoms with van der Waals surface area (Å²) in [6, 6.07) is 47.6. The highest BCUT2D eigenvalue weighted by Gasteiger charge is 2.71. The second-order valence-corrected chi connectivity index (χ2v) is 18.2. The van der Waals surface area contributed by atoms with Gasteiger partial charge in [-0.15, -0.1) is 0 Å². The summed E-state index contributed by atoms with van der Waals surface area (Å²) < 4.78 is 8.13. The Balaban J connectivity index is 0.935. The van der Waals surface area contributed by atoms with Gasteiger partial charge in [0.05, 0.1) is 0 Å².